The number of nitrogens with zero attached hydrogens (tertiary/aromatic N) is 1. The summed E-state index contributed by atoms with van der Waals surface area (Å²) in [6, 6.07) is 13.9. The lowest BCUT2D eigenvalue weighted by Gasteiger charge is -2.05. The number of rotatable bonds is 11. The van der Waals surface area contributed by atoms with Crippen LogP contribution >= 0.6 is 0 Å². The number of nitrogens with one attached hydrogen (secondary N) is 2. The van der Waals surface area contributed by atoms with Crippen molar-refractivity contribution in [2.45, 2.75) is 72.1 Å². The van der Waals surface area contributed by atoms with Gasteiger partial charge in [-0.15, -0.1) is 0 Å². The summed E-state index contributed by atoms with van der Waals surface area (Å²) >= 11 is 0. The molecule has 0 saturated heterocycles. The zero-order valence-corrected chi connectivity index (χ0v) is 21.1. The second kappa shape index (κ2) is 20.4. The Bertz CT molecular complexity index is 853. The number of hydrogen-bond donors (Lipinski definition) is 2. The van der Waals surface area contributed by atoms with Crippen LogP contribution in [0.3, 0.4) is 0 Å². The molecular formula is C28H40FN3O2. The summed E-state index contributed by atoms with van der Waals surface area (Å²) < 4.78 is 13.5. The van der Waals surface area contributed by atoms with Gasteiger partial charge < -0.3 is 10.6 Å². The van der Waals surface area contributed by atoms with Crippen molar-refractivity contribution in [1.29, 1.82) is 5.26 Å². The molecule has 0 unspecified atom stereocenters. The van der Waals surface area contributed by atoms with Gasteiger partial charge in [-0.25, -0.2) is 4.39 Å². The lowest BCUT2D eigenvalue weighted by molar-refractivity contribution is -0.109. The summed E-state index contributed by atoms with van der Waals surface area (Å²) in [4.78, 5) is 20.7. The highest BCUT2D eigenvalue weighted by Gasteiger charge is 2.05. The predicted octanol–water partition coefficient (Wildman–Crippen LogP) is 6.56. The zero-order chi connectivity index (χ0) is 25.6. The maximum atomic E-state index is 13.5. The van der Waals surface area contributed by atoms with E-state index in [0.717, 1.165) is 11.1 Å². The van der Waals surface area contributed by atoms with E-state index in [2.05, 4.69) is 24.5 Å². The first kappa shape index (κ1) is 30.8. The third-order valence-electron chi connectivity index (χ3n) is 5.10. The quantitative estimate of drug-likeness (QED) is 0.222. The van der Waals surface area contributed by atoms with Crippen LogP contribution < -0.4 is 10.6 Å². The number of carbonyl (C=O) groups excluding carboxylic acids is 2. The molecule has 2 amide bonds. The van der Waals surface area contributed by atoms with Crippen LogP contribution in [-0.2, 0) is 4.79 Å². The van der Waals surface area contributed by atoms with E-state index in [-0.39, 0.29) is 18.3 Å². The van der Waals surface area contributed by atoms with Gasteiger partial charge in [0.2, 0.25) is 6.41 Å². The van der Waals surface area contributed by atoms with Gasteiger partial charge in [-0.2, -0.15) is 5.26 Å². The highest BCUT2D eigenvalue weighted by molar-refractivity contribution is 5.94. The molecule has 2 aromatic rings. The molecule has 0 fully saturated rings. The summed E-state index contributed by atoms with van der Waals surface area (Å²) in [7, 11) is 1.59. The average Bonchev–Trinajstić information content (AvgIpc) is 2.87. The Balaban J connectivity index is 0.000000575. The van der Waals surface area contributed by atoms with Gasteiger partial charge in [0.05, 0.1) is 6.07 Å². The van der Waals surface area contributed by atoms with Gasteiger partial charge >= 0.3 is 0 Å². The molecule has 186 valence electrons. The van der Waals surface area contributed by atoms with E-state index >= 15 is 0 Å². The van der Waals surface area contributed by atoms with Crippen LogP contribution in [0.5, 0.6) is 0 Å². The topological polar surface area (TPSA) is 82.0 Å². The monoisotopic (exact) mass is 469 g/mol. The van der Waals surface area contributed by atoms with Crippen LogP contribution in [0, 0.1) is 24.1 Å². The Labute approximate surface area is 204 Å². The number of halogens is 1. The lowest BCUT2D eigenvalue weighted by Crippen LogP contribution is -2.17. The molecule has 0 bridgehead atoms. The molecule has 5 nitrogen and oxygen atoms in total. The number of unbranched alkanes of at least 4 members (excludes halogenated alkanes) is 7. The molecular weight excluding hydrogens is 429 g/mol. The van der Waals surface area contributed by atoms with Gasteiger partial charge in [-0.3, -0.25) is 9.59 Å². The Morgan fingerprint density at radius 3 is 1.88 bits per heavy atom. The smallest absolute Gasteiger partial charge is 0.251 e. The Morgan fingerprint density at radius 2 is 1.47 bits per heavy atom. The van der Waals surface area contributed by atoms with Gasteiger partial charge in [-0.1, -0.05) is 89.5 Å². The average molecular weight is 470 g/mol. The zero-order valence-electron chi connectivity index (χ0n) is 21.1. The standard InChI is InChI=1S/C15H14FNO.C10H22.C3H4N2O/c1-10-3-4-13(9-14(10)16)11-5-7-12(8-6-11)15(18)17-2;1-3-5-7-9-10-8-6-4-2;4-1-2-5-3-6/h3-9H,1-2H3,(H,17,18);3-10H2,1-2H3;3H,2H2,(H,5,6). The van der Waals surface area contributed by atoms with Gasteiger partial charge in [0, 0.05) is 12.6 Å². The molecule has 0 aromatic heterocycles. The third-order valence-corrected chi connectivity index (χ3v) is 5.10. The van der Waals surface area contributed by atoms with Crippen LogP contribution in [0.4, 0.5) is 4.39 Å². The van der Waals surface area contributed by atoms with Crippen molar-refractivity contribution in [1.82, 2.24) is 10.6 Å². The highest BCUT2D eigenvalue weighted by Crippen LogP contribution is 2.22. The van der Waals surface area contributed by atoms with E-state index in [1.807, 2.05) is 18.2 Å². The van der Waals surface area contributed by atoms with Crippen molar-refractivity contribution < 1.29 is 14.0 Å². The van der Waals surface area contributed by atoms with E-state index < -0.39 is 0 Å². The minimum Gasteiger partial charge on any atom is -0.355 e. The van der Waals surface area contributed by atoms with E-state index in [1.54, 1.807) is 38.2 Å². The molecule has 0 atom stereocenters. The molecule has 0 saturated carbocycles. The normalized spacial score (nSPS) is 9.41. The summed E-state index contributed by atoms with van der Waals surface area (Å²) in [5, 5.41) is 12.4. The van der Waals surface area contributed by atoms with Gasteiger partial charge in [0.25, 0.3) is 5.91 Å². The Hall–Kier alpha value is -3.20. The largest absolute Gasteiger partial charge is 0.355 e. The number of aryl methyl sites for hydroxylation is 1. The maximum absolute atomic E-state index is 13.5. The van der Waals surface area contributed by atoms with E-state index in [9.17, 15) is 14.0 Å². The number of hydrogen-bond acceptors (Lipinski definition) is 3. The molecule has 0 radical (unpaired) electrons. The fraction of sp³-hybridized carbons (Fsp3) is 0.464. The first-order chi connectivity index (χ1) is 16.4. The second-order valence-corrected chi connectivity index (χ2v) is 7.90. The Kier molecular flexibility index (Phi) is 18.5. The number of amides is 2. The Morgan fingerprint density at radius 1 is 0.941 bits per heavy atom. The first-order valence-electron chi connectivity index (χ1n) is 12.1. The minimum atomic E-state index is -0.220. The van der Waals surface area contributed by atoms with Crippen molar-refractivity contribution in [2.24, 2.45) is 0 Å². The molecule has 0 spiro atoms. The molecule has 0 heterocycles. The van der Waals surface area contributed by atoms with E-state index in [1.165, 1.54) is 57.4 Å². The molecule has 34 heavy (non-hydrogen) atoms. The summed E-state index contributed by atoms with van der Waals surface area (Å²) in [5.41, 5.74) is 2.91. The third kappa shape index (κ3) is 14.1. The van der Waals surface area contributed by atoms with Crippen molar-refractivity contribution in [3.63, 3.8) is 0 Å². The summed E-state index contributed by atoms with van der Waals surface area (Å²) in [6.45, 7) is 6.37. The van der Waals surface area contributed by atoms with Crippen LogP contribution in [0.25, 0.3) is 11.1 Å². The van der Waals surface area contributed by atoms with Crippen LogP contribution in [0.15, 0.2) is 42.5 Å². The van der Waals surface area contributed by atoms with Crippen molar-refractivity contribution in [3.8, 4) is 17.2 Å². The highest BCUT2D eigenvalue weighted by atomic mass is 19.1. The van der Waals surface area contributed by atoms with Crippen molar-refractivity contribution in [2.75, 3.05) is 13.6 Å². The molecule has 2 N–H and O–H groups in total. The van der Waals surface area contributed by atoms with E-state index in [4.69, 9.17) is 5.26 Å². The number of nitriles is 1. The fourth-order valence-corrected chi connectivity index (χ4v) is 3.03. The number of benzene rings is 2. The summed E-state index contributed by atoms with van der Waals surface area (Å²) in [6.07, 6.45) is 11.9. The predicted molar refractivity (Wildman–Crippen MR) is 138 cm³/mol. The first-order valence-corrected chi connectivity index (χ1v) is 12.1. The second-order valence-electron chi connectivity index (χ2n) is 7.90. The number of carbonyl (C=O) groups is 2. The molecule has 2 aromatic carbocycles. The maximum Gasteiger partial charge on any atom is 0.251 e. The van der Waals surface area contributed by atoms with Gasteiger partial charge in [0.1, 0.15) is 12.4 Å². The molecule has 0 aliphatic heterocycles. The van der Waals surface area contributed by atoms with Crippen LogP contribution in [0.1, 0.15) is 81.1 Å². The minimum absolute atomic E-state index is 0.101. The van der Waals surface area contributed by atoms with Crippen molar-refractivity contribution >= 4 is 12.3 Å². The molecule has 0 aliphatic rings. The lowest BCUT2D eigenvalue weighted by atomic mass is 10.0. The fourth-order valence-electron chi connectivity index (χ4n) is 3.03. The van der Waals surface area contributed by atoms with E-state index in [0.29, 0.717) is 17.5 Å². The van der Waals surface area contributed by atoms with Crippen LogP contribution in [0.2, 0.25) is 0 Å². The van der Waals surface area contributed by atoms with Gasteiger partial charge in [-0.05, 0) is 41.8 Å². The van der Waals surface area contributed by atoms with Crippen LogP contribution in [-0.4, -0.2) is 25.9 Å². The van der Waals surface area contributed by atoms with Crippen molar-refractivity contribution in [3.05, 3.63) is 59.4 Å². The molecule has 2 rings (SSSR count). The van der Waals surface area contributed by atoms with Gasteiger partial charge in [0.15, 0.2) is 0 Å². The molecule has 0 aliphatic carbocycles. The summed E-state index contributed by atoms with van der Waals surface area (Å²) in [5.74, 6) is -0.348. The molecule has 6 heteroatoms. The SMILES string of the molecule is CCCCCCCCCC.CNC(=O)c1ccc(-c2ccc(C)c(F)c2)cc1.N#CCNC=O.